The summed E-state index contributed by atoms with van der Waals surface area (Å²) in [6, 6.07) is 4.46. The minimum absolute atomic E-state index is 0.0961. The van der Waals surface area contributed by atoms with E-state index in [1.165, 1.54) is 19.2 Å². The van der Waals surface area contributed by atoms with Crippen LogP contribution in [-0.2, 0) is 4.74 Å². The number of aromatic hydroxyl groups is 1. The number of hydrogen-bond donors (Lipinski definition) is 2. The van der Waals surface area contributed by atoms with E-state index in [0.717, 1.165) is 5.56 Å². The Hall–Kier alpha value is -1.55. The standard InChI is InChI=1S/C10H13NO3/c1-6(11)7-3-4-9(12)8(5-7)10(13)14-2/h3-6,12H,11H2,1-2H3. The van der Waals surface area contributed by atoms with E-state index in [2.05, 4.69) is 4.74 Å². The number of methoxy groups -OCH3 is 1. The van der Waals surface area contributed by atoms with E-state index in [0.29, 0.717) is 0 Å². The highest BCUT2D eigenvalue weighted by Crippen LogP contribution is 2.21. The third-order valence-corrected chi connectivity index (χ3v) is 1.95. The SMILES string of the molecule is COC(=O)c1cc(C(C)N)ccc1O. The minimum atomic E-state index is -0.565. The van der Waals surface area contributed by atoms with Gasteiger partial charge in [0.05, 0.1) is 7.11 Å². The number of rotatable bonds is 2. The number of hydrogen-bond acceptors (Lipinski definition) is 4. The average Bonchev–Trinajstić information content (AvgIpc) is 2.17. The van der Waals surface area contributed by atoms with E-state index in [1.807, 2.05) is 0 Å². The van der Waals surface area contributed by atoms with Gasteiger partial charge in [0.2, 0.25) is 0 Å². The first-order valence-electron chi connectivity index (χ1n) is 4.23. The van der Waals surface area contributed by atoms with Gasteiger partial charge in [0.15, 0.2) is 0 Å². The molecule has 0 aliphatic rings. The van der Waals surface area contributed by atoms with E-state index >= 15 is 0 Å². The largest absolute Gasteiger partial charge is 0.507 e. The second kappa shape index (κ2) is 4.11. The molecular weight excluding hydrogens is 182 g/mol. The molecule has 0 saturated carbocycles. The normalized spacial score (nSPS) is 12.2. The average molecular weight is 195 g/mol. The van der Waals surface area contributed by atoms with Crippen molar-refractivity contribution in [3.05, 3.63) is 29.3 Å². The molecule has 1 unspecified atom stereocenters. The number of benzene rings is 1. The summed E-state index contributed by atoms with van der Waals surface area (Å²) in [6.45, 7) is 1.80. The third kappa shape index (κ3) is 2.03. The van der Waals surface area contributed by atoms with Gasteiger partial charge in [-0.2, -0.15) is 0 Å². The van der Waals surface area contributed by atoms with Crippen LogP contribution in [0.2, 0.25) is 0 Å². The molecule has 0 heterocycles. The predicted octanol–water partition coefficient (Wildman–Crippen LogP) is 1.20. The highest BCUT2D eigenvalue weighted by Gasteiger charge is 2.12. The summed E-state index contributed by atoms with van der Waals surface area (Å²) in [5.74, 6) is -0.661. The Morgan fingerprint density at radius 3 is 2.71 bits per heavy atom. The summed E-state index contributed by atoms with van der Waals surface area (Å²) in [5, 5.41) is 9.38. The highest BCUT2D eigenvalue weighted by molar-refractivity contribution is 5.92. The van der Waals surface area contributed by atoms with Gasteiger partial charge in [-0.15, -0.1) is 0 Å². The van der Waals surface area contributed by atoms with E-state index in [1.54, 1.807) is 13.0 Å². The van der Waals surface area contributed by atoms with Crippen LogP contribution in [-0.4, -0.2) is 18.2 Å². The number of carbonyl (C=O) groups is 1. The first kappa shape index (κ1) is 10.5. The Kier molecular flexibility index (Phi) is 3.09. The van der Waals surface area contributed by atoms with Crippen LogP contribution in [0.4, 0.5) is 0 Å². The van der Waals surface area contributed by atoms with Crippen molar-refractivity contribution in [1.82, 2.24) is 0 Å². The molecule has 1 atom stereocenters. The van der Waals surface area contributed by atoms with Crippen LogP contribution < -0.4 is 5.73 Å². The number of ether oxygens (including phenoxy) is 1. The van der Waals surface area contributed by atoms with Gasteiger partial charge in [-0.25, -0.2) is 4.79 Å². The lowest BCUT2D eigenvalue weighted by Crippen LogP contribution is -2.08. The van der Waals surface area contributed by atoms with Crippen LogP contribution in [0.15, 0.2) is 18.2 Å². The molecule has 1 rings (SSSR count). The molecule has 0 aliphatic carbocycles. The van der Waals surface area contributed by atoms with Gasteiger partial charge < -0.3 is 15.6 Å². The number of nitrogens with two attached hydrogens (primary N) is 1. The maximum atomic E-state index is 11.2. The van der Waals surface area contributed by atoms with Gasteiger partial charge in [0.25, 0.3) is 0 Å². The van der Waals surface area contributed by atoms with E-state index in [4.69, 9.17) is 5.73 Å². The summed E-state index contributed by atoms with van der Waals surface area (Å²) >= 11 is 0. The topological polar surface area (TPSA) is 72.5 Å². The van der Waals surface area contributed by atoms with Crippen molar-refractivity contribution in [3.63, 3.8) is 0 Å². The van der Waals surface area contributed by atoms with Crippen LogP contribution in [0.25, 0.3) is 0 Å². The Balaban J connectivity index is 3.15. The Labute approximate surface area is 82.3 Å². The van der Waals surface area contributed by atoms with Crippen LogP contribution in [0.1, 0.15) is 28.9 Å². The van der Waals surface area contributed by atoms with Gasteiger partial charge in [0, 0.05) is 6.04 Å². The summed E-state index contributed by atoms with van der Waals surface area (Å²) in [7, 11) is 1.26. The zero-order valence-corrected chi connectivity index (χ0v) is 8.15. The fourth-order valence-corrected chi connectivity index (χ4v) is 1.11. The maximum Gasteiger partial charge on any atom is 0.341 e. The summed E-state index contributed by atoms with van der Waals surface area (Å²) in [5.41, 5.74) is 6.56. The second-order valence-corrected chi connectivity index (χ2v) is 3.06. The molecule has 0 aromatic heterocycles. The van der Waals surface area contributed by atoms with Gasteiger partial charge in [-0.1, -0.05) is 6.07 Å². The molecule has 1 aromatic rings. The monoisotopic (exact) mass is 195 g/mol. The molecule has 0 radical (unpaired) electrons. The molecule has 14 heavy (non-hydrogen) atoms. The van der Waals surface area contributed by atoms with Crippen molar-refractivity contribution in [2.75, 3.05) is 7.11 Å². The van der Waals surface area contributed by atoms with Crippen molar-refractivity contribution in [2.24, 2.45) is 5.73 Å². The molecule has 0 bridgehead atoms. The first-order valence-corrected chi connectivity index (χ1v) is 4.23. The zero-order chi connectivity index (χ0) is 10.7. The molecule has 3 N–H and O–H groups in total. The Morgan fingerprint density at radius 2 is 2.21 bits per heavy atom. The molecule has 76 valence electrons. The number of esters is 1. The van der Waals surface area contributed by atoms with Gasteiger partial charge in [0.1, 0.15) is 11.3 Å². The second-order valence-electron chi connectivity index (χ2n) is 3.06. The molecule has 0 saturated heterocycles. The van der Waals surface area contributed by atoms with Crippen LogP contribution in [0.3, 0.4) is 0 Å². The van der Waals surface area contributed by atoms with Gasteiger partial charge in [-0.3, -0.25) is 0 Å². The van der Waals surface area contributed by atoms with Gasteiger partial charge >= 0.3 is 5.97 Å². The molecule has 4 heteroatoms. The lowest BCUT2D eigenvalue weighted by atomic mass is 10.1. The highest BCUT2D eigenvalue weighted by atomic mass is 16.5. The number of carbonyl (C=O) groups excluding carboxylic acids is 1. The van der Waals surface area contributed by atoms with Crippen molar-refractivity contribution < 1.29 is 14.6 Å². The summed E-state index contributed by atoms with van der Waals surface area (Å²) in [6.07, 6.45) is 0. The smallest absolute Gasteiger partial charge is 0.341 e. The summed E-state index contributed by atoms with van der Waals surface area (Å²) < 4.78 is 4.51. The molecule has 0 amide bonds. The van der Waals surface area contributed by atoms with Crippen LogP contribution in [0.5, 0.6) is 5.75 Å². The number of phenolic OH excluding ortho intramolecular Hbond substituents is 1. The van der Waals surface area contributed by atoms with E-state index < -0.39 is 5.97 Å². The minimum Gasteiger partial charge on any atom is -0.507 e. The first-order chi connectivity index (χ1) is 6.56. The van der Waals surface area contributed by atoms with Crippen LogP contribution in [0, 0.1) is 0 Å². The Bertz CT molecular complexity index is 347. The quantitative estimate of drug-likeness (QED) is 0.695. The summed E-state index contributed by atoms with van der Waals surface area (Å²) in [4.78, 5) is 11.2. The molecule has 0 aliphatic heterocycles. The van der Waals surface area contributed by atoms with Crippen molar-refractivity contribution in [2.45, 2.75) is 13.0 Å². The van der Waals surface area contributed by atoms with Gasteiger partial charge in [-0.05, 0) is 24.6 Å². The fourth-order valence-electron chi connectivity index (χ4n) is 1.11. The number of phenols is 1. The van der Waals surface area contributed by atoms with E-state index in [9.17, 15) is 9.90 Å². The van der Waals surface area contributed by atoms with Crippen molar-refractivity contribution in [1.29, 1.82) is 0 Å². The molecule has 4 nitrogen and oxygen atoms in total. The lowest BCUT2D eigenvalue weighted by Gasteiger charge is -2.08. The zero-order valence-electron chi connectivity index (χ0n) is 8.15. The lowest BCUT2D eigenvalue weighted by molar-refractivity contribution is 0.0597. The molecule has 0 spiro atoms. The third-order valence-electron chi connectivity index (χ3n) is 1.95. The maximum absolute atomic E-state index is 11.2. The molecular formula is C10H13NO3. The molecule has 0 fully saturated rings. The van der Waals surface area contributed by atoms with Crippen molar-refractivity contribution in [3.8, 4) is 5.75 Å². The van der Waals surface area contributed by atoms with E-state index in [-0.39, 0.29) is 17.4 Å². The fraction of sp³-hybridized carbons (Fsp3) is 0.300. The Morgan fingerprint density at radius 1 is 1.57 bits per heavy atom. The van der Waals surface area contributed by atoms with Crippen LogP contribution >= 0.6 is 0 Å². The van der Waals surface area contributed by atoms with Crippen molar-refractivity contribution >= 4 is 5.97 Å². The molecule has 1 aromatic carbocycles. The predicted molar refractivity (Wildman–Crippen MR) is 52.0 cm³/mol.